The van der Waals surface area contributed by atoms with E-state index in [0.29, 0.717) is 5.92 Å². The van der Waals surface area contributed by atoms with Gasteiger partial charge in [0.05, 0.1) is 0 Å². The summed E-state index contributed by atoms with van der Waals surface area (Å²) in [6, 6.07) is 0. The molecule has 0 aromatic rings. The maximum absolute atomic E-state index is 4.35. The zero-order chi connectivity index (χ0) is 15.3. The molecular weight excluding hydrogens is 266 g/mol. The van der Waals surface area contributed by atoms with Crippen LogP contribution in [0.5, 0.6) is 0 Å². The van der Waals surface area contributed by atoms with Crippen LogP contribution in [0.1, 0.15) is 64.7 Å². The molecular formula is C21H29N. The van der Waals surface area contributed by atoms with Gasteiger partial charge in [0.25, 0.3) is 0 Å². The SMILES string of the molecule is C=C1CC2C3=C(CC(CCCC)CC3)C3=CCCC(=C32)N1C. The highest BCUT2D eigenvalue weighted by atomic mass is 15.1. The van der Waals surface area contributed by atoms with Crippen molar-refractivity contribution in [3.8, 4) is 0 Å². The third kappa shape index (κ3) is 2.05. The topological polar surface area (TPSA) is 3.24 Å². The Morgan fingerprint density at radius 1 is 1.27 bits per heavy atom. The normalized spacial score (nSPS) is 30.5. The molecule has 0 spiro atoms. The standard InChI is InChI=1S/C21H29N/c1-4-5-7-15-10-11-16-18(13-15)17-8-6-9-20-21(17)19(16)12-14(2)22(20)3/h8,15,19H,2,4-7,9-13H2,1,3H3. The van der Waals surface area contributed by atoms with Crippen LogP contribution in [-0.2, 0) is 0 Å². The molecule has 2 atom stereocenters. The van der Waals surface area contributed by atoms with Gasteiger partial charge in [0, 0.05) is 24.4 Å². The van der Waals surface area contributed by atoms with Gasteiger partial charge in [0.15, 0.2) is 0 Å². The van der Waals surface area contributed by atoms with Crippen molar-refractivity contribution < 1.29 is 0 Å². The van der Waals surface area contributed by atoms with Crippen LogP contribution in [0.3, 0.4) is 0 Å². The smallest absolute Gasteiger partial charge is 0.0220 e. The minimum atomic E-state index is 0.687. The largest absolute Gasteiger partial charge is 0.352 e. The molecule has 4 rings (SSSR count). The quantitative estimate of drug-likeness (QED) is 0.643. The second-order valence-corrected chi connectivity index (χ2v) is 7.65. The number of hydrogen-bond acceptors (Lipinski definition) is 1. The van der Waals surface area contributed by atoms with E-state index in [1.165, 1.54) is 57.1 Å². The molecule has 0 fully saturated rings. The number of nitrogens with zero attached hydrogens (tertiary/aromatic N) is 1. The number of fused-ring (bicyclic) bond motifs is 2. The number of rotatable bonds is 3. The highest BCUT2D eigenvalue weighted by molar-refractivity contribution is 5.64. The van der Waals surface area contributed by atoms with E-state index in [9.17, 15) is 0 Å². The van der Waals surface area contributed by atoms with Crippen LogP contribution < -0.4 is 0 Å². The summed E-state index contributed by atoms with van der Waals surface area (Å²) in [6.07, 6.45) is 14.4. The number of allylic oxidation sites excluding steroid dienone is 7. The molecule has 0 saturated carbocycles. The zero-order valence-corrected chi connectivity index (χ0v) is 14.3. The summed E-state index contributed by atoms with van der Waals surface area (Å²) in [6.45, 7) is 6.67. The lowest BCUT2D eigenvalue weighted by molar-refractivity contribution is 0.390. The molecule has 0 aromatic carbocycles. The third-order valence-electron chi connectivity index (χ3n) is 6.41. The Balaban J connectivity index is 1.69. The summed E-state index contributed by atoms with van der Waals surface area (Å²) in [7, 11) is 2.23. The van der Waals surface area contributed by atoms with Crippen molar-refractivity contribution in [3.63, 3.8) is 0 Å². The Hall–Kier alpha value is -1.24. The van der Waals surface area contributed by atoms with Crippen LogP contribution >= 0.6 is 0 Å². The number of unbranched alkanes of at least 4 members (excludes halogenated alkanes) is 1. The molecule has 1 heterocycles. The average molecular weight is 295 g/mol. The van der Waals surface area contributed by atoms with Crippen LogP contribution in [0, 0.1) is 11.8 Å². The molecule has 1 heteroatoms. The fourth-order valence-corrected chi connectivity index (χ4v) is 5.18. The first-order chi connectivity index (χ1) is 10.7. The summed E-state index contributed by atoms with van der Waals surface area (Å²) in [5.74, 6) is 1.62. The van der Waals surface area contributed by atoms with Gasteiger partial charge in [0.1, 0.15) is 0 Å². The monoisotopic (exact) mass is 295 g/mol. The summed E-state index contributed by atoms with van der Waals surface area (Å²) in [5.41, 5.74) is 9.81. The molecule has 0 radical (unpaired) electrons. The van der Waals surface area contributed by atoms with Gasteiger partial charge in [-0.25, -0.2) is 0 Å². The fourth-order valence-electron chi connectivity index (χ4n) is 5.18. The first-order valence-electron chi connectivity index (χ1n) is 9.28. The van der Waals surface area contributed by atoms with E-state index >= 15 is 0 Å². The maximum Gasteiger partial charge on any atom is 0.0220 e. The maximum atomic E-state index is 4.35. The predicted octanol–water partition coefficient (Wildman–Crippen LogP) is 5.73. The van der Waals surface area contributed by atoms with Crippen LogP contribution in [0.4, 0.5) is 0 Å². The van der Waals surface area contributed by atoms with Crippen LogP contribution in [0.2, 0.25) is 0 Å². The lowest BCUT2D eigenvalue weighted by Crippen LogP contribution is -2.28. The summed E-state index contributed by atoms with van der Waals surface area (Å²) in [4.78, 5) is 2.39. The third-order valence-corrected chi connectivity index (χ3v) is 6.41. The van der Waals surface area contributed by atoms with Gasteiger partial charge in [-0.05, 0) is 61.2 Å². The van der Waals surface area contributed by atoms with Crippen molar-refractivity contribution in [1.29, 1.82) is 0 Å². The van der Waals surface area contributed by atoms with Gasteiger partial charge in [0.2, 0.25) is 0 Å². The van der Waals surface area contributed by atoms with Crippen molar-refractivity contribution in [1.82, 2.24) is 4.90 Å². The summed E-state index contributed by atoms with van der Waals surface area (Å²) >= 11 is 0. The van der Waals surface area contributed by atoms with Crippen LogP contribution in [0.25, 0.3) is 0 Å². The van der Waals surface area contributed by atoms with Crippen LogP contribution in [0.15, 0.2) is 46.3 Å². The molecule has 0 saturated heterocycles. The van der Waals surface area contributed by atoms with Gasteiger partial charge in [-0.15, -0.1) is 0 Å². The number of hydrogen-bond donors (Lipinski definition) is 0. The van der Waals surface area contributed by atoms with E-state index in [1.807, 2.05) is 0 Å². The van der Waals surface area contributed by atoms with Gasteiger partial charge in [-0.2, -0.15) is 0 Å². The first-order valence-corrected chi connectivity index (χ1v) is 9.28. The Kier molecular flexibility index (Phi) is 3.55. The fraction of sp³-hybridized carbons (Fsp3) is 0.619. The summed E-state index contributed by atoms with van der Waals surface area (Å²) < 4.78 is 0. The molecule has 0 amide bonds. The minimum absolute atomic E-state index is 0.687. The lowest BCUT2D eigenvalue weighted by atomic mass is 9.79. The molecule has 0 bridgehead atoms. The molecule has 118 valence electrons. The average Bonchev–Trinajstić information content (AvgIpc) is 2.85. The zero-order valence-electron chi connectivity index (χ0n) is 14.3. The summed E-state index contributed by atoms with van der Waals surface area (Å²) in [5, 5.41) is 0. The molecule has 1 nitrogen and oxygen atoms in total. The molecule has 0 aromatic heterocycles. The van der Waals surface area contributed by atoms with E-state index in [0.717, 1.165) is 12.3 Å². The van der Waals surface area contributed by atoms with Gasteiger partial charge >= 0.3 is 0 Å². The van der Waals surface area contributed by atoms with Gasteiger partial charge < -0.3 is 4.90 Å². The van der Waals surface area contributed by atoms with Gasteiger partial charge in [-0.3, -0.25) is 0 Å². The van der Waals surface area contributed by atoms with E-state index < -0.39 is 0 Å². The van der Waals surface area contributed by atoms with Gasteiger partial charge in [-0.1, -0.05) is 44.4 Å². The van der Waals surface area contributed by atoms with Crippen molar-refractivity contribution in [2.45, 2.75) is 64.7 Å². The van der Waals surface area contributed by atoms with E-state index in [-0.39, 0.29) is 0 Å². The van der Waals surface area contributed by atoms with E-state index in [2.05, 4.69) is 31.5 Å². The first kappa shape index (κ1) is 14.4. The molecule has 0 N–H and O–H groups in total. The van der Waals surface area contributed by atoms with Crippen molar-refractivity contribution in [2.75, 3.05) is 7.05 Å². The molecule has 3 aliphatic carbocycles. The predicted molar refractivity (Wildman–Crippen MR) is 93.2 cm³/mol. The molecule has 4 aliphatic rings. The Labute approximate surface area is 135 Å². The highest BCUT2D eigenvalue weighted by Crippen LogP contribution is 2.56. The van der Waals surface area contributed by atoms with Crippen LogP contribution in [-0.4, -0.2) is 11.9 Å². The highest BCUT2D eigenvalue weighted by Gasteiger charge is 2.42. The molecule has 1 aliphatic heterocycles. The molecule has 2 unspecified atom stereocenters. The lowest BCUT2D eigenvalue weighted by Gasteiger charge is -2.37. The molecule has 22 heavy (non-hydrogen) atoms. The second-order valence-electron chi connectivity index (χ2n) is 7.65. The van der Waals surface area contributed by atoms with E-state index in [1.54, 1.807) is 28.0 Å². The van der Waals surface area contributed by atoms with E-state index in [4.69, 9.17) is 0 Å². The Morgan fingerprint density at radius 2 is 2.14 bits per heavy atom. The van der Waals surface area contributed by atoms with Crippen molar-refractivity contribution in [3.05, 3.63) is 46.3 Å². The Morgan fingerprint density at radius 3 is 2.95 bits per heavy atom. The van der Waals surface area contributed by atoms with Crippen molar-refractivity contribution >= 4 is 0 Å². The van der Waals surface area contributed by atoms with Crippen molar-refractivity contribution in [2.24, 2.45) is 11.8 Å². The minimum Gasteiger partial charge on any atom is -0.352 e. The Bertz CT molecular complexity index is 601. The second kappa shape index (κ2) is 5.44.